The van der Waals surface area contributed by atoms with Gasteiger partial charge in [0.1, 0.15) is 5.82 Å². The van der Waals surface area contributed by atoms with Gasteiger partial charge in [0.25, 0.3) is 0 Å². The summed E-state index contributed by atoms with van der Waals surface area (Å²) in [5.74, 6) is 0.544. The molecule has 4 atom stereocenters. The van der Waals surface area contributed by atoms with Gasteiger partial charge in [-0.3, -0.25) is 4.79 Å². The van der Waals surface area contributed by atoms with E-state index in [1.165, 1.54) is 23.5 Å². The average molecular weight is 345 g/mol. The third-order valence-electron chi connectivity index (χ3n) is 5.43. The van der Waals surface area contributed by atoms with E-state index in [9.17, 15) is 9.18 Å². The Hall–Kier alpha value is -1.79. The number of fused-ring (bicyclic) bond motifs is 2. The van der Waals surface area contributed by atoms with Crippen molar-refractivity contribution in [3.63, 3.8) is 0 Å². The first kappa shape index (κ1) is 15.7. The molecular weight excluding hydrogens is 325 g/mol. The van der Waals surface area contributed by atoms with Crippen LogP contribution in [-0.2, 0) is 4.79 Å². The Kier molecular flexibility index (Phi) is 3.89. The van der Waals surface area contributed by atoms with Gasteiger partial charge in [-0.05, 0) is 62.3 Å². The van der Waals surface area contributed by atoms with Crippen molar-refractivity contribution >= 4 is 22.4 Å². The lowest BCUT2D eigenvalue weighted by Crippen LogP contribution is -2.42. The second-order valence-electron chi connectivity index (χ2n) is 6.86. The third-order valence-corrected chi connectivity index (χ3v) is 6.31. The van der Waals surface area contributed by atoms with Gasteiger partial charge in [-0.1, -0.05) is 0 Å². The molecule has 4 rings (SSSR count). The number of benzene rings is 1. The molecule has 6 heteroatoms. The van der Waals surface area contributed by atoms with Crippen LogP contribution in [0.2, 0.25) is 0 Å². The van der Waals surface area contributed by atoms with Crippen LogP contribution in [0, 0.1) is 30.5 Å². The summed E-state index contributed by atoms with van der Waals surface area (Å²) in [5.41, 5.74) is 7.88. The van der Waals surface area contributed by atoms with Crippen LogP contribution in [0.25, 0.3) is 11.3 Å². The van der Waals surface area contributed by atoms with Crippen molar-refractivity contribution in [1.82, 2.24) is 4.98 Å². The highest BCUT2D eigenvalue weighted by Crippen LogP contribution is 2.48. The topological polar surface area (TPSA) is 68.0 Å². The lowest BCUT2D eigenvalue weighted by molar-refractivity contribution is -0.121. The zero-order valence-electron chi connectivity index (χ0n) is 13.5. The molecule has 2 aromatic rings. The molecule has 4 nitrogen and oxygen atoms in total. The van der Waals surface area contributed by atoms with Gasteiger partial charge in [0.15, 0.2) is 5.13 Å². The van der Waals surface area contributed by atoms with Crippen LogP contribution < -0.4 is 11.1 Å². The van der Waals surface area contributed by atoms with Gasteiger partial charge in [-0.25, -0.2) is 9.37 Å². The molecule has 2 saturated carbocycles. The monoisotopic (exact) mass is 345 g/mol. The molecule has 2 bridgehead atoms. The highest BCUT2D eigenvalue weighted by atomic mass is 32.1. The molecule has 1 aromatic heterocycles. The van der Waals surface area contributed by atoms with Crippen LogP contribution in [-0.4, -0.2) is 16.9 Å². The van der Waals surface area contributed by atoms with E-state index in [0.29, 0.717) is 17.0 Å². The predicted octanol–water partition coefficient (Wildman–Crippen LogP) is 3.57. The highest BCUT2D eigenvalue weighted by molar-refractivity contribution is 7.16. The van der Waals surface area contributed by atoms with Gasteiger partial charge in [0, 0.05) is 16.5 Å². The summed E-state index contributed by atoms with van der Waals surface area (Å²) >= 11 is 1.44. The van der Waals surface area contributed by atoms with E-state index in [4.69, 9.17) is 5.73 Å². The van der Waals surface area contributed by atoms with Gasteiger partial charge >= 0.3 is 0 Å². The van der Waals surface area contributed by atoms with Crippen molar-refractivity contribution in [2.45, 2.75) is 32.2 Å². The highest BCUT2D eigenvalue weighted by Gasteiger charge is 2.49. The summed E-state index contributed by atoms with van der Waals surface area (Å²) in [6.07, 6.45) is 3.34. The summed E-state index contributed by atoms with van der Waals surface area (Å²) in [6.45, 7) is 1.95. The average Bonchev–Trinajstić information content (AvgIpc) is 3.23. The van der Waals surface area contributed by atoms with E-state index in [-0.39, 0.29) is 23.7 Å². The lowest BCUT2D eigenvalue weighted by atomic mass is 9.84. The second kappa shape index (κ2) is 5.93. The number of nitrogens with zero attached hydrogens (tertiary/aromatic N) is 1. The number of halogens is 1. The molecule has 4 unspecified atom stereocenters. The molecule has 2 fully saturated rings. The summed E-state index contributed by atoms with van der Waals surface area (Å²) < 4.78 is 13.1. The fourth-order valence-corrected chi connectivity index (χ4v) is 5.08. The molecule has 24 heavy (non-hydrogen) atoms. The van der Waals surface area contributed by atoms with Crippen LogP contribution in [0.1, 0.15) is 24.1 Å². The molecule has 2 aliphatic rings. The van der Waals surface area contributed by atoms with Crippen LogP contribution in [0.15, 0.2) is 24.3 Å². The zero-order chi connectivity index (χ0) is 16.8. The van der Waals surface area contributed by atoms with Crippen LogP contribution in [0.5, 0.6) is 0 Å². The van der Waals surface area contributed by atoms with Gasteiger partial charge < -0.3 is 11.1 Å². The van der Waals surface area contributed by atoms with Crippen molar-refractivity contribution in [3.8, 4) is 11.3 Å². The summed E-state index contributed by atoms with van der Waals surface area (Å²) in [7, 11) is 0. The van der Waals surface area contributed by atoms with Crippen molar-refractivity contribution in [1.29, 1.82) is 0 Å². The van der Waals surface area contributed by atoms with Gasteiger partial charge in [0.05, 0.1) is 11.6 Å². The Bertz CT molecular complexity index is 771. The molecule has 1 heterocycles. The normalized spacial score (nSPS) is 28.3. The molecule has 0 aliphatic heterocycles. The van der Waals surface area contributed by atoms with Crippen LogP contribution in [0.3, 0.4) is 0 Å². The fraction of sp³-hybridized carbons (Fsp3) is 0.444. The number of nitrogens with one attached hydrogen (secondary N) is 1. The van der Waals surface area contributed by atoms with Gasteiger partial charge in [0.2, 0.25) is 5.91 Å². The number of nitrogens with two attached hydrogens (primary N) is 1. The molecule has 1 aromatic carbocycles. The zero-order valence-corrected chi connectivity index (χ0v) is 14.3. The first-order valence-corrected chi connectivity index (χ1v) is 9.14. The first-order valence-electron chi connectivity index (χ1n) is 8.32. The number of aryl methyl sites for hydroxylation is 1. The van der Waals surface area contributed by atoms with E-state index >= 15 is 0 Å². The number of amides is 1. The number of aromatic nitrogens is 1. The number of carbonyl (C=O) groups excluding carboxylic acids is 1. The van der Waals surface area contributed by atoms with Crippen LogP contribution >= 0.6 is 11.3 Å². The quantitative estimate of drug-likeness (QED) is 0.893. The molecular formula is C18H20FN3OS. The van der Waals surface area contributed by atoms with Crippen molar-refractivity contribution < 1.29 is 9.18 Å². The Balaban J connectivity index is 1.52. The molecule has 3 N–H and O–H groups in total. The maximum atomic E-state index is 13.1. The van der Waals surface area contributed by atoms with E-state index in [1.807, 2.05) is 6.92 Å². The maximum absolute atomic E-state index is 13.1. The van der Waals surface area contributed by atoms with Gasteiger partial charge in [-0.2, -0.15) is 0 Å². The Labute approximate surface area is 144 Å². The Morgan fingerprint density at radius 2 is 2.00 bits per heavy atom. The minimum absolute atomic E-state index is 0.00546. The summed E-state index contributed by atoms with van der Waals surface area (Å²) in [5, 5.41) is 3.55. The number of carbonyl (C=O) groups is 1. The van der Waals surface area contributed by atoms with Crippen molar-refractivity contribution in [2.75, 3.05) is 5.32 Å². The third kappa shape index (κ3) is 2.63. The van der Waals surface area contributed by atoms with E-state index in [1.54, 1.807) is 12.1 Å². The molecule has 126 valence electrons. The minimum atomic E-state index is -0.273. The van der Waals surface area contributed by atoms with Crippen LogP contribution in [0.4, 0.5) is 9.52 Å². The summed E-state index contributed by atoms with van der Waals surface area (Å²) in [6, 6.07) is 6.21. The van der Waals surface area contributed by atoms with Crippen molar-refractivity contribution in [3.05, 3.63) is 35.0 Å². The predicted molar refractivity (Wildman–Crippen MR) is 93.2 cm³/mol. The Morgan fingerprint density at radius 1 is 1.29 bits per heavy atom. The standard InChI is InChI=1S/C18H20FN3OS/c1-9-16(10-4-6-13(19)7-5-10)21-18(24-9)22-17(23)14-11-2-3-12(8-11)15(14)20/h4-7,11-12,14-15H,2-3,8,20H2,1H3,(H,21,22,23). The Morgan fingerprint density at radius 3 is 2.67 bits per heavy atom. The summed E-state index contributed by atoms with van der Waals surface area (Å²) in [4.78, 5) is 18.2. The molecule has 0 saturated heterocycles. The number of anilines is 1. The maximum Gasteiger partial charge on any atom is 0.231 e. The molecule has 0 spiro atoms. The molecule has 2 aliphatic carbocycles. The first-order chi connectivity index (χ1) is 11.5. The number of hydrogen-bond acceptors (Lipinski definition) is 4. The second-order valence-corrected chi connectivity index (χ2v) is 8.06. The largest absolute Gasteiger partial charge is 0.327 e. The smallest absolute Gasteiger partial charge is 0.231 e. The number of thiazole rings is 1. The van der Waals surface area contributed by atoms with E-state index in [0.717, 1.165) is 35.4 Å². The number of hydrogen-bond donors (Lipinski definition) is 2. The van der Waals surface area contributed by atoms with Crippen molar-refractivity contribution in [2.24, 2.45) is 23.5 Å². The molecule has 0 radical (unpaired) electrons. The van der Waals surface area contributed by atoms with Gasteiger partial charge in [-0.15, -0.1) is 11.3 Å². The van der Waals surface area contributed by atoms with E-state index < -0.39 is 0 Å². The lowest BCUT2D eigenvalue weighted by Gasteiger charge is -2.26. The fourth-order valence-electron chi connectivity index (χ4n) is 4.24. The SMILES string of the molecule is Cc1sc(NC(=O)C2C3CCC(C3)C2N)nc1-c1ccc(F)cc1. The molecule has 1 amide bonds. The minimum Gasteiger partial charge on any atom is -0.327 e. The van der Waals surface area contributed by atoms with E-state index in [2.05, 4.69) is 10.3 Å². The number of rotatable bonds is 3.